The van der Waals surface area contributed by atoms with Gasteiger partial charge in [0.2, 0.25) is 0 Å². The first-order valence-electron chi connectivity index (χ1n) is 3.21. The molecule has 0 aromatic heterocycles. The summed E-state index contributed by atoms with van der Waals surface area (Å²) in [6.45, 7) is 0. The quantitative estimate of drug-likeness (QED) is 0.703. The molecular weight excluding hydrogens is 178 g/mol. The van der Waals surface area contributed by atoms with Crippen LogP contribution in [0.4, 0.5) is 5.69 Å². The lowest BCUT2D eigenvalue weighted by molar-refractivity contribution is 0.296. The molecule has 5 heteroatoms. The molecule has 0 aliphatic heterocycles. The highest BCUT2D eigenvalue weighted by Crippen LogP contribution is 2.15. The van der Waals surface area contributed by atoms with Crippen LogP contribution in [-0.2, 0) is 10.8 Å². The molecule has 1 aromatic rings. The second kappa shape index (κ2) is 3.66. The van der Waals surface area contributed by atoms with Crippen LogP contribution in [-0.4, -0.2) is 15.7 Å². The Hall–Kier alpha value is -0.910. The highest BCUT2D eigenvalue weighted by atomic mass is 32.2. The number of anilines is 1. The normalized spacial score (nSPS) is 12.6. The third kappa shape index (κ3) is 2.04. The fraction of sp³-hybridized carbons (Fsp3) is 0.143. The molecule has 12 heavy (non-hydrogen) atoms. The Balaban J connectivity index is 3.04. The third-order valence-electron chi connectivity index (χ3n) is 1.37. The van der Waals surface area contributed by atoms with E-state index in [-0.39, 0.29) is 10.9 Å². The number of hydrogen-bond acceptors (Lipinski definition) is 4. The van der Waals surface area contributed by atoms with Gasteiger partial charge in [0.25, 0.3) is 0 Å². The van der Waals surface area contributed by atoms with Gasteiger partial charge in [0.1, 0.15) is 0 Å². The summed E-state index contributed by atoms with van der Waals surface area (Å²) in [6.07, 6.45) is 1.51. The lowest BCUT2D eigenvalue weighted by Crippen LogP contribution is -2.07. The van der Waals surface area contributed by atoms with E-state index in [9.17, 15) is 9.42 Å². The topological polar surface area (TPSA) is 63.6 Å². The highest BCUT2D eigenvalue weighted by Gasteiger charge is 1.98. The van der Waals surface area contributed by atoms with Crippen LogP contribution in [0.1, 0.15) is 0 Å². The van der Waals surface area contributed by atoms with Crippen molar-refractivity contribution in [3.8, 4) is 0 Å². The molecular formula is C7H8NO3S-. The Morgan fingerprint density at radius 1 is 1.58 bits per heavy atom. The molecule has 4 nitrogen and oxygen atoms in total. The van der Waals surface area contributed by atoms with Gasteiger partial charge in [0, 0.05) is 22.0 Å². The molecule has 0 fully saturated rings. The number of hydrogen-bond donors (Lipinski definition) is 1. The van der Waals surface area contributed by atoms with Crippen molar-refractivity contribution >= 4 is 16.5 Å². The minimum Gasteiger partial charge on any atom is -0.733 e. The summed E-state index contributed by atoms with van der Waals surface area (Å²) in [6, 6.07) is 6.00. The Morgan fingerprint density at radius 3 is 2.75 bits per heavy atom. The van der Waals surface area contributed by atoms with Crippen molar-refractivity contribution in [2.45, 2.75) is 4.90 Å². The number of nitrogens with zero attached hydrogens (tertiary/aromatic N) is 1. The van der Waals surface area contributed by atoms with Gasteiger partial charge in [0.15, 0.2) is 0 Å². The Bertz CT molecular complexity index is 300. The van der Waals surface area contributed by atoms with E-state index in [2.05, 4.69) is 0 Å². The lowest BCUT2D eigenvalue weighted by atomic mass is 10.3. The van der Waals surface area contributed by atoms with E-state index in [1.165, 1.54) is 18.4 Å². The Morgan fingerprint density at radius 2 is 2.25 bits per heavy atom. The predicted molar refractivity (Wildman–Crippen MR) is 46.4 cm³/mol. The second-order valence-electron chi connectivity index (χ2n) is 2.22. The van der Waals surface area contributed by atoms with Gasteiger partial charge in [-0.05, 0) is 18.2 Å². The minimum absolute atomic E-state index is 0.0858. The van der Waals surface area contributed by atoms with Crippen molar-refractivity contribution < 1.29 is 9.42 Å². The summed E-state index contributed by atoms with van der Waals surface area (Å²) in [7, 11) is -1.13. The van der Waals surface area contributed by atoms with Crippen molar-refractivity contribution in [2.24, 2.45) is 0 Å². The molecule has 0 heterocycles. The van der Waals surface area contributed by atoms with E-state index in [0.717, 1.165) is 0 Å². The van der Waals surface area contributed by atoms with Crippen LogP contribution < -0.4 is 5.23 Å². The van der Waals surface area contributed by atoms with E-state index >= 15 is 0 Å². The van der Waals surface area contributed by atoms with E-state index in [4.69, 9.17) is 5.21 Å². The van der Waals surface area contributed by atoms with E-state index in [1.807, 2.05) is 0 Å². The average molecular weight is 186 g/mol. The zero-order chi connectivity index (χ0) is 9.14. The molecule has 0 aliphatic carbocycles. The van der Waals surface area contributed by atoms with Gasteiger partial charge in [0.05, 0.1) is 5.69 Å². The van der Waals surface area contributed by atoms with Gasteiger partial charge in [-0.3, -0.25) is 9.42 Å². The van der Waals surface area contributed by atoms with E-state index in [0.29, 0.717) is 4.90 Å². The molecule has 0 spiro atoms. The summed E-state index contributed by atoms with van der Waals surface area (Å²) in [5.74, 6) is 0. The molecule has 1 rings (SSSR count). The fourth-order valence-electron chi connectivity index (χ4n) is 0.781. The monoisotopic (exact) mass is 186 g/mol. The van der Waals surface area contributed by atoms with Gasteiger partial charge in [-0.25, -0.2) is 0 Å². The largest absolute Gasteiger partial charge is 0.733 e. The number of benzene rings is 1. The van der Waals surface area contributed by atoms with Gasteiger partial charge in [-0.15, -0.1) is 0 Å². The van der Waals surface area contributed by atoms with Crippen molar-refractivity contribution in [1.29, 1.82) is 0 Å². The Kier molecular flexibility index (Phi) is 2.80. The van der Waals surface area contributed by atoms with Gasteiger partial charge < -0.3 is 10.4 Å². The standard InChI is InChI=1S/C7H8NO3S/c1-12(11)7-4-2-3-6(5-7)8(9)10/h2-5,9H,1H3/q-1. The predicted octanol–water partition coefficient (Wildman–Crippen LogP) is 1.12. The van der Waals surface area contributed by atoms with Crippen LogP contribution in [0.2, 0.25) is 0 Å². The van der Waals surface area contributed by atoms with Crippen molar-refractivity contribution in [3.63, 3.8) is 0 Å². The first kappa shape index (κ1) is 9.18. The van der Waals surface area contributed by atoms with Gasteiger partial charge >= 0.3 is 0 Å². The summed E-state index contributed by atoms with van der Waals surface area (Å²) in [4.78, 5) is 0.516. The van der Waals surface area contributed by atoms with Crippen LogP contribution in [0.5, 0.6) is 0 Å². The molecule has 1 unspecified atom stereocenters. The van der Waals surface area contributed by atoms with Crippen LogP contribution in [0.15, 0.2) is 29.2 Å². The van der Waals surface area contributed by atoms with Crippen molar-refractivity contribution in [3.05, 3.63) is 29.5 Å². The van der Waals surface area contributed by atoms with Crippen molar-refractivity contribution in [2.75, 3.05) is 11.5 Å². The maximum Gasteiger partial charge on any atom is 0.0520 e. The SMILES string of the molecule is CS(=O)c1cccc(N([O-])O)c1. The smallest absolute Gasteiger partial charge is 0.0520 e. The van der Waals surface area contributed by atoms with Crippen LogP contribution in [0.25, 0.3) is 0 Å². The summed E-state index contributed by atoms with van der Waals surface area (Å²) < 4.78 is 10.9. The second-order valence-corrected chi connectivity index (χ2v) is 3.60. The van der Waals surface area contributed by atoms with Gasteiger partial charge in [-0.2, -0.15) is 0 Å². The van der Waals surface area contributed by atoms with Crippen molar-refractivity contribution in [1.82, 2.24) is 0 Å². The summed E-state index contributed by atoms with van der Waals surface area (Å²) in [5, 5.41) is 18.6. The van der Waals surface area contributed by atoms with Crippen LogP contribution >= 0.6 is 0 Å². The molecule has 1 N–H and O–H groups in total. The summed E-state index contributed by atoms with van der Waals surface area (Å²) in [5.41, 5.74) is 0.0858. The molecule has 0 saturated carbocycles. The first-order valence-corrected chi connectivity index (χ1v) is 4.76. The maximum atomic E-state index is 10.9. The zero-order valence-corrected chi connectivity index (χ0v) is 7.25. The average Bonchev–Trinajstić information content (AvgIpc) is 2.04. The van der Waals surface area contributed by atoms with Crippen LogP contribution in [0, 0.1) is 5.21 Å². The molecule has 66 valence electrons. The Labute approximate surface area is 72.4 Å². The summed E-state index contributed by atoms with van der Waals surface area (Å²) >= 11 is 0. The molecule has 1 atom stereocenters. The highest BCUT2D eigenvalue weighted by molar-refractivity contribution is 7.84. The van der Waals surface area contributed by atoms with Crippen LogP contribution in [0.3, 0.4) is 0 Å². The molecule has 0 amide bonds. The lowest BCUT2D eigenvalue weighted by Gasteiger charge is -2.21. The minimum atomic E-state index is -1.13. The number of rotatable bonds is 2. The molecule has 0 aliphatic rings. The first-order chi connectivity index (χ1) is 5.61. The molecule has 1 aromatic carbocycles. The molecule has 0 radical (unpaired) electrons. The zero-order valence-electron chi connectivity index (χ0n) is 6.43. The molecule has 0 bridgehead atoms. The van der Waals surface area contributed by atoms with E-state index in [1.54, 1.807) is 12.1 Å². The third-order valence-corrected chi connectivity index (χ3v) is 2.29. The fourth-order valence-corrected chi connectivity index (χ4v) is 1.34. The maximum absolute atomic E-state index is 10.9. The van der Waals surface area contributed by atoms with E-state index < -0.39 is 10.8 Å². The molecule has 0 saturated heterocycles. The van der Waals surface area contributed by atoms with Gasteiger partial charge in [-0.1, -0.05) is 6.07 Å².